The van der Waals surface area contributed by atoms with Gasteiger partial charge in [-0.25, -0.2) is 0 Å². The lowest BCUT2D eigenvalue weighted by Crippen LogP contribution is -2.31. The number of hydrogen-bond acceptors (Lipinski definition) is 2. The molecule has 0 aromatic carbocycles. The molecular formula is C10H14BrN3O. The van der Waals surface area contributed by atoms with Crippen LogP contribution in [0, 0.1) is 5.92 Å². The molecule has 1 aromatic rings. The van der Waals surface area contributed by atoms with Gasteiger partial charge in [0.25, 0.3) is 5.91 Å². The number of carbonyl (C=O) groups excluding carboxylic acids is 1. The van der Waals surface area contributed by atoms with Gasteiger partial charge in [-0.3, -0.25) is 9.89 Å². The van der Waals surface area contributed by atoms with Crippen molar-refractivity contribution in [3.8, 4) is 0 Å². The first kappa shape index (κ1) is 10.7. The molecular weight excluding hydrogens is 258 g/mol. The van der Waals surface area contributed by atoms with Crippen LogP contribution in [-0.2, 0) is 0 Å². The molecule has 1 aromatic heterocycles. The third kappa shape index (κ3) is 2.59. The van der Waals surface area contributed by atoms with E-state index in [1.54, 1.807) is 12.3 Å². The summed E-state index contributed by atoms with van der Waals surface area (Å²) in [6.07, 6.45) is 5.24. The maximum Gasteiger partial charge on any atom is 0.269 e. The zero-order valence-electron chi connectivity index (χ0n) is 8.37. The Hall–Kier alpha value is -0.840. The van der Waals surface area contributed by atoms with Gasteiger partial charge in [-0.05, 0) is 24.8 Å². The van der Waals surface area contributed by atoms with Crippen molar-refractivity contribution in [2.24, 2.45) is 5.92 Å². The van der Waals surface area contributed by atoms with Crippen LogP contribution in [0.5, 0.6) is 0 Å². The Morgan fingerprint density at radius 2 is 2.53 bits per heavy atom. The van der Waals surface area contributed by atoms with Crippen LogP contribution >= 0.6 is 15.9 Å². The summed E-state index contributed by atoms with van der Waals surface area (Å²) >= 11 is 3.63. The maximum atomic E-state index is 11.6. The number of amides is 1. The number of hydrogen-bond donors (Lipinski definition) is 2. The quantitative estimate of drug-likeness (QED) is 0.823. The number of aromatic nitrogens is 2. The third-order valence-corrected chi connectivity index (χ3v) is 4.04. The van der Waals surface area contributed by atoms with E-state index in [2.05, 4.69) is 31.4 Å². The number of nitrogens with zero attached hydrogens (tertiary/aromatic N) is 1. The van der Waals surface area contributed by atoms with Crippen molar-refractivity contribution in [3.05, 3.63) is 18.0 Å². The highest BCUT2D eigenvalue weighted by molar-refractivity contribution is 9.09. The van der Waals surface area contributed by atoms with Crippen molar-refractivity contribution in [2.45, 2.75) is 24.1 Å². The number of carbonyl (C=O) groups is 1. The second-order valence-electron chi connectivity index (χ2n) is 3.89. The average molecular weight is 272 g/mol. The Labute approximate surface area is 97.0 Å². The highest BCUT2D eigenvalue weighted by atomic mass is 79.9. The van der Waals surface area contributed by atoms with Crippen LogP contribution in [0.1, 0.15) is 29.8 Å². The van der Waals surface area contributed by atoms with E-state index in [9.17, 15) is 4.79 Å². The smallest absolute Gasteiger partial charge is 0.269 e. The van der Waals surface area contributed by atoms with E-state index in [1.165, 1.54) is 19.3 Å². The fourth-order valence-corrected chi connectivity index (χ4v) is 2.70. The molecule has 1 amide bonds. The van der Waals surface area contributed by atoms with E-state index < -0.39 is 0 Å². The van der Waals surface area contributed by atoms with Gasteiger partial charge in [-0.2, -0.15) is 5.10 Å². The van der Waals surface area contributed by atoms with Crippen molar-refractivity contribution in [3.63, 3.8) is 0 Å². The molecule has 0 saturated heterocycles. The highest BCUT2D eigenvalue weighted by Gasteiger charge is 2.25. The molecule has 0 bridgehead atoms. The summed E-state index contributed by atoms with van der Waals surface area (Å²) in [5, 5.41) is 9.31. The van der Waals surface area contributed by atoms with Gasteiger partial charge in [0.05, 0.1) is 0 Å². The number of nitrogens with one attached hydrogen (secondary N) is 2. The van der Waals surface area contributed by atoms with Crippen molar-refractivity contribution >= 4 is 21.8 Å². The minimum absolute atomic E-state index is 0.0703. The molecule has 2 atom stereocenters. The maximum absolute atomic E-state index is 11.6. The van der Waals surface area contributed by atoms with Gasteiger partial charge in [-0.1, -0.05) is 22.4 Å². The molecule has 15 heavy (non-hydrogen) atoms. The average Bonchev–Trinajstić information content (AvgIpc) is 2.85. The van der Waals surface area contributed by atoms with Gasteiger partial charge in [0, 0.05) is 17.6 Å². The molecule has 1 saturated carbocycles. The summed E-state index contributed by atoms with van der Waals surface area (Å²) in [7, 11) is 0. The second-order valence-corrected chi connectivity index (χ2v) is 5.06. The topological polar surface area (TPSA) is 57.8 Å². The van der Waals surface area contributed by atoms with Gasteiger partial charge in [0.15, 0.2) is 0 Å². The van der Waals surface area contributed by atoms with Crippen LogP contribution in [0.3, 0.4) is 0 Å². The van der Waals surface area contributed by atoms with Crippen LogP contribution in [0.2, 0.25) is 0 Å². The van der Waals surface area contributed by atoms with E-state index in [0.29, 0.717) is 16.4 Å². The van der Waals surface area contributed by atoms with Gasteiger partial charge in [0.1, 0.15) is 5.69 Å². The Morgan fingerprint density at radius 3 is 3.13 bits per heavy atom. The molecule has 0 aliphatic heterocycles. The molecule has 1 fully saturated rings. The third-order valence-electron chi connectivity index (χ3n) is 2.84. The van der Waals surface area contributed by atoms with Crippen LogP contribution in [0.4, 0.5) is 0 Å². The summed E-state index contributed by atoms with van der Waals surface area (Å²) in [6.45, 7) is 0.744. The predicted octanol–water partition coefficient (Wildman–Crippen LogP) is 1.70. The van der Waals surface area contributed by atoms with E-state index in [4.69, 9.17) is 0 Å². The first-order valence-corrected chi connectivity index (χ1v) is 6.10. The standard InChI is InChI=1S/C10H14BrN3O/c11-8-3-1-2-7(8)6-12-10(15)9-4-5-13-14-9/h4-5,7-8H,1-3,6H2,(H,12,15)(H,13,14). The molecule has 1 heterocycles. The number of halogens is 1. The zero-order chi connectivity index (χ0) is 10.7. The summed E-state index contributed by atoms with van der Waals surface area (Å²) in [5.41, 5.74) is 0.527. The van der Waals surface area contributed by atoms with E-state index in [-0.39, 0.29) is 5.91 Å². The monoisotopic (exact) mass is 271 g/mol. The molecule has 5 heteroatoms. The fourth-order valence-electron chi connectivity index (χ4n) is 1.92. The SMILES string of the molecule is O=C(NCC1CCCC1Br)c1ccn[nH]1. The normalized spacial score (nSPS) is 25.4. The van der Waals surface area contributed by atoms with Crippen molar-refractivity contribution in [2.75, 3.05) is 6.54 Å². The molecule has 2 rings (SSSR count). The lowest BCUT2D eigenvalue weighted by Gasteiger charge is -2.13. The lowest BCUT2D eigenvalue weighted by molar-refractivity contribution is 0.0943. The van der Waals surface area contributed by atoms with Crippen LogP contribution < -0.4 is 5.32 Å². The van der Waals surface area contributed by atoms with Gasteiger partial charge < -0.3 is 5.32 Å². The van der Waals surface area contributed by atoms with E-state index in [0.717, 1.165) is 6.54 Å². The Kier molecular flexibility index (Phi) is 3.41. The van der Waals surface area contributed by atoms with Gasteiger partial charge in [0.2, 0.25) is 0 Å². The Morgan fingerprint density at radius 1 is 1.67 bits per heavy atom. The molecule has 4 nitrogen and oxygen atoms in total. The number of aromatic amines is 1. The number of alkyl halides is 1. The molecule has 2 unspecified atom stereocenters. The fraction of sp³-hybridized carbons (Fsp3) is 0.600. The van der Waals surface area contributed by atoms with E-state index in [1.807, 2.05) is 0 Å². The first-order chi connectivity index (χ1) is 7.27. The minimum Gasteiger partial charge on any atom is -0.350 e. The molecule has 1 aliphatic rings. The van der Waals surface area contributed by atoms with Crippen molar-refractivity contribution in [1.82, 2.24) is 15.5 Å². The first-order valence-electron chi connectivity index (χ1n) is 5.19. The van der Waals surface area contributed by atoms with Crippen LogP contribution in [0.15, 0.2) is 12.3 Å². The minimum atomic E-state index is -0.0703. The summed E-state index contributed by atoms with van der Waals surface area (Å²) in [4.78, 5) is 12.1. The van der Waals surface area contributed by atoms with Crippen molar-refractivity contribution < 1.29 is 4.79 Å². The summed E-state index contributed by atoms with van der Waals surface area (Å²) < 4.78 is 0. The molecule has 82 valence electrons. The predicted molar refractivity (Wildman–Crippen MR) is 61.0 cm³/mol. The highest BCUT2D eigenvalue weighted by Crippen LogP contribution is 2.30. The second kappa shape index (κ2) is 4.79. The summed E-state index contributed by atoms with van der Waals surface area (Å²) in [6, 6.07) is 1.68. The largest absolute Gasteiger partial charge is 0.350 e. The van der Waals surface area contributed by atoms with Gasteiger partial charge >= 0.3 is 0 Å². The molecule has 1 aliphatic carbocycles. The summed E-state index contributed by atoms with van der Waals surface area (Å²) in [5.74, 6) is 0.496. The number of H-pyrrole nitrogens is 1. The lowest BCUT2D eigenvalue weighted by atomic mass is 10.1. The number of rotatable bonds is 3. The van der Waals surface area contributed by atoms with Crippen molar-refractivity contribution in [1.29, 1.82) is 0 Å². The van der Waals surface area contributed by atoms with E-state index >= 15 is 0 Å². The molecule has 0 radical (unpaired) electrons. The van der Waals surface area contributed by atoms with Crippen LogP contribution in [0.25, 0.3) is 0 Å². The van der Waals surface area contributed by atoms with Gasteiger partial charge in [-0.15, -0.1) is 0 Å². The van der Waals surface area contributed by atoms with Crippen LogP contribution in [-0.4, -0.2) is 27.5 Å². The molecule has 0 spiro atoms. The Bertz CT molecular complexity index is 325. The zero-order valence-corrected chi connectivity index (χ0v) is 9.96. The Balaban J connectivity index is 1.81. The molecule has 2 N–H and O–H groups in total.